The average molecular weight is 652 g/mol. The van der Waals surface area contributed by atoms with Gasteiger partial charge >= 0.3 is 5.97 Å². The number of halogens is 2. The number of carbonyl (C=O) groups excluding carboxylic acids is 1. The maximum absolute atomic E-state index is 13.3. The van der Waals surface area contributed by atoms with Crippen LogP contribution in [0.4, 0.5) is 0 Å². The molecule has 1 saturated carbocycles. The van der Waals surface area contributed by atoms with Gasteiger partial charge in [0.05, 0.1) is 10.5 Å². The van der Waals surface area contributed by atoms with Gasteiger partial charge in [0.1, 0.15) is 5.75 Å². The Balaban J connectivity index is 1.71. The lowest BCUT2D eigenvalue weighted by atomic mass is 9.82. The summed E-state index contributed by atoms with van der Waals surface area (Å²) >= 11 is 4.53. The van der Waals surface area contributed by atoms with E-state index in [9.17, 15) is 17.8 Å². The first-order valence-electron chi connectivity index (χ1n) is 10.1. The van der Waals surface area contributed by atoms with Crippen LogP contribution in [-0.2, 0) is 23.0 Å². The number of ether oxygens (including phenoxy) is 1. The Bertz CT molecular complexity index is 1100. The molecule has 2 aromatic carbocycles. The van der Waals surface area contributed by atoms with Gasteiger partial charge in [-0.15, -0.1) is 0 Å². The molecule has 30 heavy (non-hydrogen) atoms. The number of fused-ring (bicyclic) bond motifs is 1. The molecule has 5 nitrogen and oxygen atoms in total. The van der Waals surface area contributed by atoms with E-state index in [-0.39, 0.29) is 4.90 Å². The molecule has 0 aromatic heterocycles. The van der Waals surface area contributed by atoms with Gasteiger partial charge in [-0.3, -0.25) is 4.55 Å². The summed E-state index contributed by atoms with van der Waals surface area (Å²) in [6.07, 6.45) is 7.68. The van der Waals surface area contributed by atoms with E-state index in [1.165, 1.54) is 31.4 Å². The summed E-state index contributed by atoms with van der Waals surface area (Å²) in [6, 6.07) is 6.81. The van der Waals surface area contributed by atoms with Crippen molar-refractivity contribution in [3.05, 3.63) is 53.7 Å². The van der Waals surface area contributed by atoms with E-state index < -0.39 is 16.1 Å². The Labute approximate surface area is 204 Å². The van der Waals surface area contributed by atoms with E-state index in [1.807, 2.05) is 6.07 Å². The summed E-state index contributed by atoms with van der Waals surface area (Å²) in [5.41, 5.74) is 2.95. The lowest BCUT2D eigenvalue weighted by Crippen LogP contribution is -2.17. The van der Waals surface area contributed by atoms with Crippen LogP contribution in [0, 0.1) is 7.14 Å². The Morgan fingerprint density at radius 2 is 1.70 bits per heavy atom. The van der Waals surface area contributed by atoms with Gasteiger partial charge in [0, 0.05) is 7.14 Å². The van der Waals surface area contributed by atoms with Crippen LogP contribution < -0.4 is 4.74 Å². The van der Waals surface area contributed by atoms with Crippen molar-refractivity contribution in [2.24, 2.45) is 0 Å². The predicted octanol–water partition coefficient (Wildman–Crippen LogP) is 5.90. The van der Waals surface area contributed by atoms with Gasteiger partial charge in [-0.2, -0.15) is 8.42 Å². The molecule has 1 N–H and O–H groups in total. The van der Waals surface area contributed by atoms with Crippen molar-refractivity contribution in [3.63, 3.8) is 0 Å². The normalized spacial score (nSPS) is 17.0. The molecule has 0 aliphatic heterocycles. The standard InChI is InChI=1S/C22H22I2O5S/c23-14-11-17(21(18(24)12-14)13-5-2-1-3-6-13)22(25)29-19-9-10-20(30(26,27)28)16-8-4-7-15(16)19/h9-13H,1-8H2,(H,26,27,28). The van der Waals surface area contributed by atoms with Crippen LogP contribution in [0.15, 0.2) is 29.2 Å². The quantitative estimate of drug-likeness (QED) is 0.193. The minimum atomic E-state index is -4.30. The van der Waals surface area contributed by atoms with Crippen LogP contribution in [0.25, 0.3) is 0 Å². The molecule has 1 fully saturated rings. The molecule has 2 aliphatic rings. The largest absolute Gasteiger partial charge is 0.423 e. The van der Waals surface area contributed by atoms with Crippen LogP contribution in [-0.4, -0.2) is 18.9 Å². The van der Waals surface area contributed by atoms with Crippen molar-refractivity contribution in [1.29, 1.82) is 0 Å². The molecule has 2 aromatic rings. The Kier molecular flexibility index (Phi) is 6.76. The highest BCUT2D eigenvalue weighted by Gasteiger charge is 2.29. The van der Waals surface area contributed by atoms with Gasteiger partial charge in [0.2, 0.25) is 0 Å². The van der Waals surface area contributed by atoms with Crippen molar-refractivity contribution in [1.82, 2.24) is 0 Å². The summed E-state index contributed by atoms with van der Waals surface area (Å²) in [5.74, 6) is 0.349. The van der Waals surface area contributed by atoms with Crippen LogP contribution >= 0.6 is 45.2 Å². The number of rotatable bonds is 4. The van der Waals surface area contributed by atoms with Crippen LogP contribution in [0.1, 0.15) is 71.5 Å². The Hall–Kier alpha value is -0.720. The number of carbonyl (C=O) groups is 1. The molecule has 0 unspecified atom stereocenters. The average Bonchev–Trinajstić information content (AvgIpc) is 3.17. The van der Waals surface area contributed by atoms with Gasteiger partial charge in [-0.25, -0.2) is 4.79 Å². The first kappa shape index (κ1) is 22.5. The molecule has 8 heteroatoms. The summed E-state index contributed by atoms with van der Waals surface area (Å²) in [5, 5.41) is 0. The third-order valence-corrected chi connectivity index (χ3v) is 8.46. The lowest BCUT2D eigenvalue weighted by Gasteiger charge is -2.25. The highest BCUT2D eigenvalue weighted by molar-refractivity contribution is 14.1. The molecule has 160 valence electrons. The van der Waals surface area contributed by atoms with E-state index >= 15 is 0 Å². The highest BCUT2D eigenvalue weighted by atomic mass is 127. The molecule has 0 radical (unpaired) electrons. The van der Waals surface area contributed by atoms with E-state index in [0.29, 0.717) is 41.2 Å². The first-order chi connectivity index (χ1) is 14.3. The SMILES string of the molecule is O=C(Oc1ccc(S(=O)(=O)O)c2c1CCC2)c1cc(I)cc(I)c1C1CCCCC1. The number of hydrogen-bond donors (Lipinski definition) is 1. The minimum Gasteiger partial charge on any atom is -0.423 e. The zero-order valence-electron chi connectivity index (χ0n) is 16.3. The Morgan fingerprint density at radius 3 is 2.40 bits per heavy atom. The second-order valence-electron chi connectivity index (χ2n) is 7.92. The molecular weight excluding hydrogens is 630 g/mol. The summed E-state index contributed by atoms with van der Waals surface area (Å²) < 4.78 is 40.8. The van der Waals surface area contributed by atoms with Crippen LogP contribution in [0.5, 0.6) is 5.75 Å². The van der Waals surface area contributed by atoms with Gasteiger partial charge in [0.15, 0.2) is 0 Å². The zero-order valence-corrected chi connectivity index (χ0v) is 21.4. The maximum atomic E-state index is 13.3. The summed E-state index contributed by atoms with van der Waals surface area (Å²) in [7, 11) is -4.30. The minimum absolute atomic E-state index is 0.0819. The Morgan fingerprint density at radius 1 is 1.00 bits per heavy atom. The third-order valence-electron chi connectivity index (χ3n) is 6.01. The fourth-order valence-electron chi connectivity index (χ4n) is 4.69. The van der Waals surface area contributed by atoms with Crippen LogP contribution in [0.2, 0.25) is 0 Å². The van der Waals surface area contributed by atoms with Gasteiger partial charge in [0.25, 0.3) is 10.1 Å². The first-order valence-corrected chi connectivity index (χ1v) is 13.7. The van der Waals surface area contributed by atoms with Gasteiger partial charge in [-0.05, 0) is 124 Å². The second-order valence-corrected chi connectivity index (χ2v) is 11.7. The highest BCUT2D eigenvalue weighted by Crippen LogP contribution is 2.39. The summed E-state index contributed by atoms with van der Waals surface area (Å²) in [6.45, 7) is 0. The van der Waals surface area contributed by atoms with Crippen molar-refractivity contribution >= 4 is 61.3 Å². The molecule has 0 saturated heterocycles. The number of hydrogen-bond acceptors (Lipinski definition) is 4. The maximum Gasteiger partial charge on any atom is 0.343 e. The fraction of sp³-hybridized carbons (Fsp3) is 0.409. The van der Waals surface area contributed by atoms with E-state index in [0.717, 1.165) is 32.0 Å². The molecule has 2 aliphatic carbocycles. The molecule has 0 bridgehead atoms. The van der Waals surface area contributed by atoms with Crippen LogP contribution in [0.3, 0.4) is 0 Å². The smallest absolute Gasteiger partial charge is 0.343 e. The molecule has 0 atom stereocenters. The number of benzene rings is 2. The van der Waals surface area contributed by atoms with E-state index in [4.69, 9.17) is 4.74 Å². The molecule has 0 amide bonds. The van der Waals surface area contributed by atoms with Crippen molar-refractivity contribution in [3.8, 4) is 5.75 Å². The monoisotopic (exact) mass is 652 g/mol. The zero-order chi connectivity index (χ0) is 21.5. The lowest BCUT2D eigenvalue weighted by molar-refractivity contribution is 0.0731. The predicted molar refractivity (Wildman–Crippen MR) is 131 cm³/mol. The third kappa shape index (κ3) is 4.56. The van der Waals surface area contributed by atoms with Gasteiger partial charge < -0.3 is 4.74 Å². The van der Waals surface area contributed by atoms with Crippen molar-refractivity contribution < 1.29 is 22.5 Å². The molecule has 0 heterocycles. The summed E-state index contributed by atoms with van der Waals surface area (Å²) in [4.78, 5) is 13.2. The fourth-order valence-corrected chi connectivity index (χ4v) is 7.75. The van der Waals surface area contributed by atoms with E-state index in [1.54, 1.807) is 0 Å². The topological polar surface area (TPSA) is 80.7 Å². The van der Waals surface area contributed by atoms with Crippen molar-refractivity contribution in [2.45, 2.75) is 62.2 Å². The van der Waals surface area contributed by atoms with E-state index in [2.05, 4.69) is 51.2 Å². The second kappa shape index (κ2) is 9.03. The van der Waals surface area contributed by atoms with Crippen molar-refractivity contribution in [2.75, 3.05) is 0 Å². The molecular formula is C22H22I2O5S. The van der Waals surface area contributed by atoms with Gasteiger partial charge in [-0.1, -0.05) is 19.3 Å². The molecule has 0 spiro atoms. The number of esters is 1. The molecule has 4 rings (SSSR count).